The lowest BCUT2D eigenvalue weighted by Crippen LogP contribution is -2.22. The SMILES string of the molecule is CCOCCn1ccc2c(OCC(=O)Nc3ccc(C(=O)OC)cc3)cccc2c1=O. The van der Waals surface area contributed by atoms with Crippen LogP contribution >= 0.6 is 0 Å². The zero-order valence-electron chi connectivity index (χ0n) is 17.4. The molecule has 3 aromatic rings. The third-order valence-electron chi connectivity index (χ3n) is 4.61. The summed E-state index contributed by atoms with van der Waals surface area (Å²) in [7, 11) is 1.30. The molecule has 1 aromatic heterocycles. The average molecular weight is 424 g/mol. The molecule has 0 aliphatic heterocycles. The summed E-state index contributed by atoms with van der Waals surface area (Å²) < 4.78 is 17.2. The number of methoxy groups -OCH3 is 1. The summed E-state index contributed by atoms with van der Waals surface area (Å²) >= 11 is 0. The van der Waals surface area contributed by atoms with Gasteiger partial charge in [0.2, 0.25) is 0 Å². The Hall–Kier alpha value is -3.65. The monoisotopic (exact) mass is 424 g/mol. The number of nitrogens with zero attached hydrogens (tertiary/aromatic N) is 1. The maximum absolute atomic E-state index is 12.7. The molecule has 0 aliphatic rings. The minimum Gasteiger partial charge on any atom is -0.483 e. The topological polar surface area (TPSA) is 95.9 Å². The fraction of sp³-hybridized carbons (Fsp3) is 0.261. The summed E-state index contributed by atoms with van der Waals surface area (Å²) in [4.78, 5) is 36.4. The largest absolute Gasteiger partial charge is 0.483 e. The standard InChI is InChI=1S/C23H24N2O6/c1-3-30-14-13-25-12-11-18-19(22(25)27)5-4-6-20(18)31-15-21(26)24-17-9-7-16(8-10-17)23(28)29-2/h4-12H,3,13-15H2,1-2H3,(H,24,26). The molecule has 0 fully saturated rings. The first-order valence-corrected chi connectivity index (χ1v) is 9.84. The van der Waals surface area contributed by atoms with Crippen LogP contribution in [0.4, 0.5) is 5.69 Å². The van der Waals surface area contributed by atoms with E-state index in [0.29, 0.717) is 47.5 Å². The summed E-state index contributed by atoms with van der Waals surface area (Å²) in [5.41, 5.74) is 0.772. The van der Waals surface area contributed by atoms with Crippen molar-refractivity contribution in [1.29, 1.82) is 0 Å². The van der Waals surface area contributed by atoms with E-state index in [2.05, 4.69) is 10.1 Å². The number of rotatable bonds is 9. The molecule has 0 saturated heterocycles. The van der Waals surface area contributed by atoms with E-state index in [1.165, 1.54) is 7.11 Å². The fourth-order valence-corrected chi connectivity index (χ4v) is 3.05. The van der Waals surface area contributed by atoms with Crippen molar-refractivity contribution in [2.24, 2.45) is 0 Å². The lowest BCUT2D eigenvalue weighted by atomic mass is 10.1. The van der Waals surface area contributed by atoms with Gasteiger partial charge in [0, 0.05) is 30.4 Å². The van der Waals surface area contributed by atoms with Gasteiger partial charge in [-0.2, -0.15) is 0 Å². The van der Waals surface area contributed by atoms with Gasteiger partial charge in [0.25, 0.3) is 11.5 Å². The van der Waals surface area contributed by atoms with Crippen LogP contribution in [0.2, 0.25) is 0 Å². The predicted octanol–water partition coefficient (Wildman–Crippen LogP) is 2.84. The number of anilines is 1. The van der Waals surface area contributed by atoms with Crippen molar-refractivity contribution in [2.45, 2.75) is 13.5 Å². The van der Waals surface area contributed by atoms with Crippen molar-refractivity contribution in [1.82, 2.24) is 4.57 Å². The Morgan fingerprint density at radius 1 is 1.03 bits per heavy atom. The average Bonchev–Trinajstić information content (AvgIpc) is 2.79. The highest BCUT2D eigenvalue weighted by Gasteiger charge is 2.10. The first-order chi connectivity index (χ1) is 15.0. The number of fused-ring (bicyclic) bond motifs is 1. The first-order valence-electron chi connectivity index (χ1n) is 9.84. The molecule has 8 nitrogen and oxygen atoms in total. The van der Waals surface area contributed by atoms with Crippen molar-refractivity contribution in [3.63, 3.8) is 0 Å². The number of carbonyl (C=O) groups is 2. The molecule has 0 bridgehead atoms. The fourth-order valence-electron chi connectivity index (χ4n) is 3.05. The molecule has 0 radical (unpaired) electrons. The highest BCUT2D eigenvalue weighted by Crippen LogP contribution is 2.23. The number of aromatic nitrogens is 1. The maximum Gasteiger partial charge on any atom is 0.337 e. The summed E-state index contributed by atoms with van der Waals surface area (Å²) in [5.74, 6) is -0.371. The van der Waals surface area contributed by atoms with E-state index in [4.69, 9.17) is 9.47 Å². The summed E-state index contributed by atoms with van der Waals surface area (Å²) in [6.45, 7) is 3.19. The summed E-state index contributed by atoms with van der Waals surface area (Å²) in [5, 5.41) is 3.84. The second-order valence-electron chi connectivity index (χ2n) is 6.63. The number of carbonyl (C=O) groups excluding carboxylic acids is 2. The molecule has 2 aromatic carbocycles. The van der Waals surface area contributed by atoms with Crippen LogP contribution in [0.25, 0.3) is 10.8 Å². The number of nitrogens with one attached hydrogen (secondary N) is 1. The summed E-state index contributed by atoms with van der Waals surface area (Å²) in [6.07, 6.45) is 1.69. The Kier molecular flexibility index (Phi) is 7.40. The number of amides is 1. The Bertz CT molecular complexity index is 1120. The highest BCUT2D eigenvalue weighted by atomic mass is 16.5. The number of hydrogen-bond donors (Lipinski definition) is 1. The quantitative estimate of drug-likeness (QED) is 0.419. The first kappa shape index (κ1) is 22.0. The normalized spacial score (nSPS) is 10.6. The smallest absolute Gasteiger partial charge is 0.337 e. The number of esters is 1. The van der Waals surface area contributed by atoms with Crippen LogP contribution in [-0.2, 0) is 20.8 Å². The minimum atomic E-state index is -0.450. The lowest BCUT2D eigenvalue weighted by Gasteiger charge is -2.12. The molecular weight excluding hydrogens is 400 g/mol. The molecule has 162 valence electrons. The van der Waals surface area contributed by atoms with E-state index in [-0.39, 0.29) is 18.1 Å². The molecule has 0 aliphatic carbocycles. The minimum absolute atomic E-state index is 0.141. The zero-order chi connectivity index (χ0) is 22.2. The molecule has 1 N–H and O–H groups in total. The number of hydrogen-bond acceptors (Lipinski definition) is 6. The molecular formula is C23H24N2O6. The third-order valence-corrected chi connectivity index (χ3v) is 4.61. The van der Waals surface area contributed by atoms with E-state index in [1.54, 1.807) is 59.3 Å². The van der Waals surface area contributed by atoms with Crippen LogP contribution < -0.4 is 15.6 Å². The van der Waals surface area contributed by atoms with Crippen LogP contribution in [0, 0.1) is 0 Å². The van der Waals surface area contributed by atoms with Gasteiger partial charge in [-0.25, -0.2) is 4.79 Å². The highest BCUT2D eigenvalue weighted by molar-refractivity contribution is 5.94. The molecule has 0 saturated carbocycles. The van der Waals surface area contributed by atoms with Crippen molar-refractivity contribution >= 4 is 28.3 Å². The van der Waals surface area contributed by atoms with Gasteiger partial charge >= 0.3 is 5.97 Å². The Morgan fingerprint density at radius 2 is 1.81 bits per heavy atom. The molecule has 3 rings (SSSR count). The van der Waals surface area contributed by atoms with Gasteiger partial charge in [-0.15, -0.1) is 0 Å². The van der Waals surface area contributed by atoms with Crippen molar-refractivity contribution in [3.8, 4) is 5.75 Å². The molecule has 8 heteroatoms. The van der Waals surface area contributed by atoms with Crippen LogP contribution in [-0.4, -0.2) is 43.4 Å². The molecule has 0 atom stereocenters. The zero-order valence-corrected chi connectivity index (χ0v) is 17.4. The van der Waals surface area contributed by atoms with E-state index >= 15 is 0 Å². The van der Waals surface area contributed by atoms with Gasteiger partial charge < -0.3 is 24.1 Å². The molecule has 1 amide bonds. The van der Waals surface area contributed by atoms with Crippen molar-refractivity contribution < 1.29 is 23.8 Å². The Morgan fingerprint density at radius 3 is 2.52 bits per heavy atom. The van der Waals surface area contributed by atoms with Crippen molar-refractivity contribution in [3.05, 3.63) is 70.6 Å². The second kappa shape index (κ2) is 10.4. The maximum atomic E-state index is 12.7. The molecule has 0 spiro atoms. The number of benzene rings is 2. The van der Waals surface area contributed by atoms with E-state index in [0.717, 1.165) is 0 Å². The summed E-state index contributed by atoms with van der Waals surface area (Å²) in [6, 6.07) is 13.3. The van der Waals surface area contributed by atoms with E-state index in [9.17, 15) is 14.4 Å². The lowest BCUT2D eigenvalue weighted by molar-refractivity contribution is -0.118. The van der Waals surface area contributed by atoms with Crippen LogP contribution in [0.1, 0.15) is 17.3 Å². The van der Waals surface area contributed by atoms with Gasteiger partial charge in [-0.3, -0.25) is 9.59 Å². The van der Waals surface area contributed by atoms with Crippen LogP contribution in [0.3, 0.4) is 0 Å². The number of pyridine rings is 1. The van der Waals surface area contributed by atoms with E-state index < -0.39 is 5.97 Å². The molecule has 1 heterocycles. The van der Waals surface area contributed by atoms with Gasteiger partial charge in [-0.1, -0.05) is 6.07 Å². The third kappa shape index (κ3) is 5.49. The van der Waals surface area contributed by atoms with Gasteiger partial charge in [-0.05, 0) is 49.4 Å². The van der Waals surface area contributed by atoms with Crippen molar-refractivity contribution in [2.75, 3.05) is 32.2 Å². The van der Waals surface area contributed by atoms with Crippen LogP contribution in [0.15, 0.2) is 59.5 Å². The molecule has 0 unspecified atom stereocenters. The number of ether oxygens (including phenoxy) is 3. The van der Waals surface area contributed by atoms with Crippen LogP contribution in [0.5, 0.6) is 5.75 Å². The van der Waals surface area contributed by atoms with E-state index in [1.807, 2.05) is 6.92 Å². The second-order valence-corrected chi connectivity index (χ2v) is 6.63. The molecule has 31 heavy (non-hydrogen) atoms. The van der Waals surface area contributed by atoms with Gasteiger partial charge in [0.05, 0.1) is 24.7 Å². The van der Waals surface area contributed by atoms with Gasteiger partial charge in [0.1, 0.15) is 5.75 Å². The Labute approximate surface area is 179 Å². The van der Waals surface area contributed by atoms with Gasteiger partial charge in [0.15, 0.2) is 6.61 Å². The predicted molar refractivity (Wildman–Crippen MR) is 117 cm³/mol. The Balaban J connectivity index is 1.66.